The molecule has 0 unspecified atom stereocenters. The van der Waals surface area contributed by atoms with Gasteiger partial charge in [0.25, 0.3) is 0 Å². The molecule has 92 valence electrons. The minimum absolute atomic E-state index is 0.486. The maximum absolute atomic E-state index is 5.73. The molecule has 5 nitrogen and oxygen atoms in total. The third-order valence-electron chi connectivity index (χ3n) is 3.23. The average molecular weight is 242 g/mol. The van der Waals surface area contributed by atoms with E-state index in [2.05, 4.69) is 10.1 Å². The van der Waals surface area contributed by atoms with E-state index in [1.807, 2.05) is 36.9 Å². The zero-order valence-corrected chi connectivity index (χ0v) is 10.3. The van der Waals surface area contributed by atoms with Gasteiger partial charge in [-0.1, -0.05) is 6.07 Å². The van der Waals surface area contributed by atoms with Crippen LogP contribution in [0.3, 0.4) is 0 Å². The van der Waals surface area contributed by atoms with Crippen LogP contribution in [0.15, 0.2) is 29.0 Å². The number of fused-ring (bicyclic) bond motifs is 1. The van der Waals surface area contributed by atoms with Crippen LogP contribution in [0.5, 0.6) is 0 Å². The quantitative estimate of drug-likeness (QED) is 0.746. The van der Waals surface area contributed by atoms with Crippen LogP contribution in [-0.4, -0.2) is 14.8 Å². The van der Waals surface area contributed by atoms with Gasteiger partial charge in [-0.3, -0.25) is 4.68 Å². The smallest absolute Gasteiger partial charge is 0.181 e. The highest BCUT2D eigenvalue weighted by atomic mass is 16.3. The molecule has 2 aromatic heterocycles. The third-order valence-corrected chi connectivity index (χ3v) is 3.23. The van der Waals surface area contributed by atoms with Gasteiger partial charge < -0.3 is 10.2 Å². The first-order chi connectivity index (χ1) is 8.70. The Kier molecular flexibility index (Phi) is 2.41. The largest absolute Gasteiger partial charge is 0.443 e. The van der Waals surface area contributed by atoms with Gasteiger partial charge in [0.1, 0.15) is 5.52 Å². The standard InChI is InChI=1S/C13H14N4O/c1-8-11(6-14)17(2)16-13(8)9-3-4-10-12(5-9)18-7-15-10/h3-5,7H,6,14H2,1-2H3. The number of benzene rings is 1. The van der Waals surface area contributed by atoms with Crippen molar-refractivity contribution in [2.24, 2.45) is 12.8 Å². The van der Waals surface area contributed by atoms with Crippen molar-refractivity contribution in [2.75, 3.05) is 0 Å². The van der Waals surface area contributed by atoms with Crippen molar-refractivity contribution in [2.45, 2.75) is 13.5 Å². The van der Waals surface area contributed by atoms with Crippen molar-refractivity contribution in [1.82, 2.24) is 14.8 Å². The molecule has 0 fully saturated rings. The van der Waals surface area contributed by atoms with Crippen LogP contribution in [0.2, 0.25) is 0 Å². The lowest BCUT2D eigenvalue weighted by Crippen LogP contribution is -2.05. The van der Waals surface area contributed by atoms with Gasteiger partial charge in [-0.05, 0) is 24.6 Å². The number of oxazole rings is 1. The molecule has 0 bridgehead atoms. The summed E-state index contributed by atoms with van der Waals surface area (Å²) in [7, 11) is 1.91. The number of rotatable bonds is 2. The highest BCUT2D eigenvalue weighted by Gasteiger charge is 2.13. The SMILES string of the molecule is Cc1c(-c2ccc3ncoc3c2)nn(C)c1CN. The Morgan fingerprint density at radius 3 is 2.94 bits per heavy atom. The number of hydrogen-bond acceptors (Lipinski definition) is 4. The first-order valence-electron chi connectivity index (χ1n) is 5.77. The lowest BCUT2D eigenvalue weighted by Gasteiger charge is -1.99. The molecule has 0 atom stereocenters. The van der Waals surface area contributed by atoms with Crippen LogP contribution in [0.25, 0.3) is 22.4 Å². The van der Waals surface area contributed by atoms with Crippen LogP contribution in [0.4, 0.5) is 0 Å². The molecule has 0 aliphatic carbocycles. The summed E-state index contributed by atoms with van der Waals surface area (Å²) in [4.78, 5) is 4.10. The fourth-order valence-corrected chi connectivity index (χ4v) is 2.23. The zero-order chi connectivity index (χ0) is 12.7. The van der Waals surface area contributed by atoms with E-state index in [9.17, 15) is 0 Å². The van der Waals surface area contributed by atoms with Gasteiger partial charge >= 0.3 is 0 Å². The first kappa shape index (κ1) is 11.0. The van der Waals surface area contributed by atoms with Crippen LogP contribution in [0.1, 0.15) is 11.3 Å². The minimum Gasteiger partial charge on any atom is -0.443 e. The van der Waals surface area contributed by atoms with Crippen molar-refractivity contribution in [1.29, 1.82) is 0 Å². The number of nitrogens with zero attached hydrogens (tertiary/aromatic N) is 3. The highest BCUT2D eigenvalue weighted by molar-refractivity contribution is 5.79. The van der Waals surface area contributed by atoms with E-state index < -0.39 is 0 Å². The summed E-state index contributed by atoms with van der Waals surface area (Å²) in [5.41, 5.74) is 11.5. The topological polar surface area (TPSA) is 69.9 Å². The molecule has 0 amide bonds. The Bertz CT molecular complexity index is 711. The van der Waals surface area contributed by atoms with Crippen molar-refractivity contribution in [3.05, 3.63) is 35.9 Å². The summed E-state index contributed by atoms with van der Waals surface area (Å²) in [6, 6.07) is 5.89. The van der Waals surface area contributed by atoms with E-state index in [0.717, 1.165) is 33.6 Å². The van der Waals surface area contributed by atoms with Gasteiger partial charge in [-0.15, -0.1) is 0 Å². The lowest BCUT2D eigenvalue weighted by molar-refractivity contribution is 0.602. The van der Waals surface area contributed by atoms with Crippen molar-refractivity contribution in [3.63, 3.8) is 0 Å². The van der Waals surface area contributed by atoms with Gasteiger partial charge in [-0.25, -0.2) is 4.98 Å². The maximum Gasteiger partial charge on any atom is 0.181 e. The lowest BCUT2D eigenvalue weighted by atomic mass is 10.1. The van der Waals surface area contributed by atoms with Crippen molar-refractivity contribution < 1.29 is 4.42 Å². The van der Waals surface area contributed by atoms with E-state index in [0.29, 0.717) is 6.54 Å². The molecular weight excluding hydrogens is 228 g/mol. The number of aryl methyl sites for hydroxylation is 1. The molecular formula is C13H14N4O. The van der Waals surface area contributed by atoms with Crippen LogP contribution in [0, 0.1) is 6.92 Å². The highest BCUT2D eigenvalue weighted by Crippen LogP contribution is 2.27. The molecule has 0 saturated heterocycles. The van der Waals surface area contributed by atoms with E-state index >= 15 is 0 Å². The monoisotopic (exact) mass is 242 g/mol. The predicted octanol–water partition coefficient (Wildman–Crippen LogP) is 2.00. The molecule has 0 aliphatic rings. The second-order valence-corrected chi connectivity index (χ2v) is 4.28. The summed E-state index contributed by atoms with van der Waals surface area (Å²) in [5, 5.41) is 4.52. The second kappa shape index (κ2) is 3.96. The van der Waals surface area contributed by atoms with Crippen LogP contribution in [-0.2, 0) is 13.6 Å². The summed E-state index contributed by atoms with van der Waals surface area (Å²) in [6.07, 6.45) is 1.45. The Morgan fingerprint density at radius 1 is 1.39 bits per heavy atom. The summed E-state index contributed by atoms with van der Waals surface area (Å²) in [5.74, 6) is 0. The number of hydrogen-bond donors (Lipinski definition) is 1. The van der Waals surface area contributed by atoms with Gasteiger partial charge in [0, 0.05) is 19.2 Å². The normalized spacial score (nSPS) is 11.3. The molecule has 3 aromatic rings. The molecule has 3 rings (SSSR count). The molecule has 0 aliphatic heterocycles. The molecule has 0 saturated carbocycles. The van der Waals surface area contributed by atoms with Gasteiger partial charge in [0.2, 0.25) is 0 Å². The van der Waals surface area contributed by atoms with Crippen LogP contribution < -0.4 is 5.73 Å². The summed E-state index contributed by atoms with van der Waals surface area (Å²) >= 11 is 0. The molecule has 2 N–H and O–H groups in total. The Hall–Kier alpha value is -2.14. The molecule has 1 aromatic carbocycles. The second-order valence-electron chi connectivity index (χ2n) is 4.28. The third kappa shape index (κ3) is 1.52. The fraction of sp³-hybridized carbons (Fsp3) is 0.231. The molecule has 5 heteroatoms. The average Bonchev–Trinajstić information content (AvgIpc) is 2.93. The Balaban J connectivity index is 2.19. The van der Waals surface area contributed by atoms with E-state index in [1.165, 1.54) is 6.39 Å². The molecule has 18 heavy (non-hydrogen) atoms. The summed E-state index contributed by atoms with van der Waals surface area (Å²) in [6.45, 7) is 2.52. The van der Waals surface area contributed by atoms with E-state index in [-0.39, 0.29) is 0 Å². The van der Waals surface area contributed by atoms with E-state index in [1.54, 1.807) is 0 Å². The number of aromatic nitrogens is 3. The first-order valence-corrected chi connectivity index (χ1v) is 5.77. The van der Waals surface area contributed by atoms with E-state index in [4.69, 9.17) is 10.2 Å². The van der Waals surface area contributed by atoms with Gasteiger partial charge in [0.05, 0.1) is 11.4 Å². The van der Waals surface area contributed by atoms with Crippen molar-refractivity contribution >= 4 is 11.1 Å². The van der Waals surface area contributed by atoms with Crippen LogP contribution >= 0.6 is 0 Å². The van der Waals surface area contributed by atoms with Crippen molar-refractivity contribution in [3.8, 4) is 11.3 Å². The maximum atomic E-state index is 5.73. The number of nitrogens with two attached hydrogens (primary N) is 1. The molecule has 0 radical (unpaired) electrons. The van der Waals surface area contributed by atoms with Gasteiger partial charge in [0.15, 0.2) is 12.0 Å². The fourth-order valence-electron chi connectivity index (χ4n) is 2.23. The Morgan fingerprint density at radius 2 is 2.22 bits per heavy atom. The molecule has 0 spiro atoms. The minimum atomic E-state index is 0.486. The van der Waals surface area contributed by atoms with Gasteiger partial charge in [-0.2, -0.15) is 5.10 Å². The predicted molar refractivity (Wildman–Crippen MR) is 68.8 cm³/mol. The summed E-state index contributed by atoms with van der Waals surface area (Å²) < 4.78 is 7.14. The molecule has 2 heterocycles. The Labute approximate surface area is 104 Å². The zero-order valence-electron chi connectivity index (χ0n) is 10.3.